The van der Waals surface area contributed by atoms with Gasteiger partial charge < -0.3 is 0 Å². The van der Waals surface area contributed by atoms with Crippen molar-refractivity contribution in [3.05, 3.63) is 40.1 Å². The van der Waals surface area contributed by atoms with Crippen LogP contribution in [-0.2, 0) is 29.5 Å². The molecule has 1 atom stereocenters. The molecule has 1 rings (SSSR count). The molecule has 0 bridgehead atoms. The molecule has 0 heterocycles. The Balaban J connectivity index is 3.64. The first-order chi connectivity index (χ1) is 11.4. The van der Waals surface area contributed by atoms with Crippen molar-refractivity contribution in [2.24, 2.45) is 0 Å². The van der Waals surface area contributed by atoms with Crippen LogP contribution >= 0.6 is 0 Å². The van der Waals surface area contributed by atoms with Crippen LogP contribution in [0.3, 0.4) is 0 Å². The molecule has 0 saturated carbocycles. The third-order valence-electron chi connectivity index (χ3n) is 3.47. The van der Waals surface area contributed by atoms with Crippen molar-refractivity contribution in [3.8, 4) is 6.07 Å². The zero-order valence-electron chi connectivity index (χ0n) is 14.0. The van der Waals surface area contributed by atoms with Crippen LogP contribution in [0.25, 0.3) is 0 Å². The number of sulfone groups is 3. The largest absolute Gasteiger partial charge is 0.223 e. The van der Waals surface area contributed by atoms with Crippen LogP contribution in [0, 0.1) is 18.3 Å². The Hall–Kier alpha value is -1.70. The molecule has 0 aliphatic carbocycles. The zero-order chi connectivity index (χ0) is 19.5. The van der Waals surface area contributed by atoms with E-state index in [1.54, 1.807) is 6.92 Å². The summed E-state index contributed by atoms with van der Waals surface area (Å²) in [7, 11) is -12.7. The number of aryl methyl sites for hydroxylation is 1. The van der Waals surface area contributed by atoms with Crippen LogP contribution in [0.5, 0.6) is 0 Å². The lowest BCUT2D eigenvalue weighted by molar-refractivity contribution is 0.594. The molecule has 0 aromatic heterocycles. The molecule has 0 radical (unpaired) electrons. The standard InChI is InChI=1S/C15H19NO6S3/c1-4-23(17,18)15(24(19,20)5-2)10-14(11-16)25(21,22)13-8-6-12(3)7-9-13/h6-10,14H,4-5H2,1-3H3. The lowest BCUT2D eigenvalue weighted by Gasteiger charge is -2.11. The maximum atomic E-state index is 12.6. The van der Waals surface area contributed by atoms with E-state index in [0.717, 1.165) is 5.56 Å². The maximum absolute atomic E-state index is 12.6. The molecular formula is C15H19NO6S3. The highest BCUT2D eigenvalue weighted by Gasteiger charge is 2.33. The first-order valence-electron chi connectivity index (χ1n) is 7.30. The second-order valence-corrected chi connectivity index (χ2v) is 12.0. The molecule has 0 saturated heterocycles. The van der Waals surface area contributed by atoms with E-state index in [9.17, 15) is 30.5 Å². The van der Waals surface area contributed by atoms with Crippen molar-refractivity contribution >= 4 is 29.5 Å². The van der Waals surface area contributed by atoms with Crippen molar-refractivity contribution in [1.29, 1.82) is 5.26 Å². The van der Waals surface area contributed by atoms with Gasteiger partial charge in [-0.3, -0.25) is 0 Å². The smallest absolute Gasteiger partial charge is 0.198 e. The number of rotatable bonds is 7. The molecule has 0 fully saturated rings. The molecule has 138 valence electrons. The summed E-state index contributed by atoms with van der Waals surface area (Å²) >= 11 is 0. The van der Waals surface area contributed by atoms with E-state index in [-0.39, 0.29) is 4.90 Å². The minimum atomic E-state index is -4.27. The van der Waals surface area contributed by atoms with Gasteiger partial charge in [-0.1, -0.05) is 31.5 Å². The summed E-state index contributed by atoms with van der Waals surface area (Å²) in [5.74, 6) is -1.05. The van der Waals surface area contributed by atoms with Crippen LogP contribution in [-0.4, -0.2) is 42.0 Å². The van der Waals surface area contributed by atoms with Crippen molar-refractivity contribution in [3.63, 3.8) is 0 Å². The average molecular weight is 406 g/mol. The molecule has 1 unspecified atom stereocenters. The molecule has 1 aromatic carbocycles. The van der Waals surface area contributed by atoms with Gasteiger partial charge in [0.1, 0.15) is 0 Å². The van der Waals surface area contributed by atoms with Crippen LogP contribution in [0.2, 0.25) is 0 Å². The van der Waals surface area contributed by atoms with Gasteiger partial charge >= 0.3 is 0 Å². The van der Waals surface area contributed by atoms with Gasteiger partial charge in [0, 0.05) is 0 Å². The summed E-state index contributed by atoms with van der Waals surface area (Å²) in [5.41, 5.74) is 0.797. The number of nitriles is 1. The van der Waals surface area contributed by atoms with E-state index in [2.05, 4.69) is 0 Å². The van der Waals surface area contributed by atoms with Gasteiger partial charge in [-0.25, -0.2) is 25.3 Å². The summed E-state index contributed by atoms with van der Waals surface area (Å²) in [4.78, 5) is -0.192. The van der Waals surface area contributed by atoms with Gasteiger partial charge in [-0.05, 0) is 25.1 Å². The number of nitrogens with zero attached hydrogens (tertiary/aromatic N) is 1. The summed E-state index contributed by atoms with van der Waals surface area (Å²) < 4.78 is 72.6. The van der Waals surface area contributed by atoms with Crippen molar-refractivity contribution < 1.29 is 25.3 Å². The van der Waals surface area contributed by atoms with Gasteiger partial charge in [-0.15, -0.1) is 0 Å². The highest BCUT2D eigenvalue weighted by Crippen LogP contribution is 2.23. The molecule has 1 aromatic rings. The molecule has 7 nitrogen and oxygen atoms in total. The van der Waals surface area contributed by atoms with E-state index in [1.165, 1.54) is 44.2 Å². The highest BCUT2D eigenvalue weighted by molar-refractivity contribution is 8.14. The molecule has 0 aliphatic heterocycles. The summed E-state index contributed by atoms with van der Waals surface area (Å²) in [6, 6.07) is 7.10. The zero-order valence-corrected chi connectivity index (χ0v) is 16.4. The Kier molecular flexibility index (Phi) is 6.55. The summed E-state index contributed by atoms with van der Waals surface area (Å²) in [6.07, 6.45) is 0.521. The van der Waals surface area contributed by atoms with Crippen molar-refractivity contribution in [2.75, 3.05) is 11.5 Å². The Bertz CT molecular complexity index is 976. The minimum Gasteiger partial charge on any atom is -0.223 e. The third kappa shape index (κ3) is 4.68. The molecule has 10 heteroatoms. The first kappa shape index (κ1) is 21.3. The topological polar surface area (TPSA) is 126 Å². The van der Waals surface area contributed by atoms with Crippen molar-refractivity contribution in [2.45, 2.75) is 30.9 Å². The second kappa shape index (κ2) is 7.68. The quantitative estimate of drug-likeness (QED) is 0.670. The molecule has 0 amide bonds. The Morgan fingerprint density at radius 2 is 1.44 bits per heavy atom. The fourth-order valence-electron chi connectivity index (χ4n) is 1.88. The van der Waals surface area contributed by atoms with E-state index >= 15 is 0 Å². The third-order valence-corrected chi connectivity index (χ3v) is 9.85. The molecular weight excluding hydrogens is 386 g/mol. The maximum Gasteiger partial charge on any atom is 0.198 e. The van der Waals surface area contributed by atoms with Gasteiger partial charge in [0.2, 0.25) is 0 Å². The van der Waals surface area contributed by atoms with Crippen LogP contribution < -0.4 is 0 Å². The first-order valence-corrected chi connectivity index (χ1v) is 12.1. The van der Waals surface area contributed by atoms with E-state index in [1.807, 2.05) is 0 Å². The monoisotopic (exact) mass is 405 g/mol. The van der Waals surface area contributed by atoms with Crippen molar-refractivity contribution in [1.82, 2.24) is 0 Å². The minimum absolute atomic E-state index is 0.192. The predicted octanol–water partition coefficient (Wildman–Crippen LogP) is 1.37. The van der Waals surface area contributed by atoms with E-state index < -0.39 is 50.5 Å². The molecule has 0 N–H and O–H groups in total. The lowest BCUT2D eigenvalue weighted by Crippen LogP contribution is -2.23. The molecule has 0 spiro atoms. The van der Waals surface area contributed by atoms with E-state index in [0.29, 0.717) is 6.08 Å². The normalized spacial score (nSPS) is 13.7. The number of hydrogen-bond acceptors (Lipinski definition) is 7. The molecule has 25 heavy (non-hydrogen) atoms. The predicted molar refractivity (Wildman–Crippen MR) is 94.8 cm³/mol. The Morgan fingerprint density at radius 1 is 1.00 bits per heavy atom. The molecule has 0 aliphatic rings. The Morgan fingerprint density at radius 3 is 1.80 bits per heavy atom. The van der Waals surface area contributed by atoms with Crippen LogP contribution in [0.4, 0.5) is 0 Å². The second-order valence-electron chi connectivity index (χ2n) is 5.20. The fraction of sp³-hybridized carbons (Fsp3) is 0.400. The SMILES string of the molecule is CCS(=O)(=O)C(=CC(C#N)S(=O)(=O)c1ccc(C)cc1)S(=O)(=O)CC. The van der Waals surface area contributed by atoms with Crippen LogP contribution in [0.15, 0.2) is 39.5 Å². The average Bonchev–Trinajstić information content (AvgIpc) is 2.55. The summed E-state index contributed by atoms with van der Waals surface area (Å²) in [5, 5.41) is 7.30. The van der Waals surface area contributed by atoms with Gasteiger partial charge in [0.15, 0.2) is 39.0 Å². The van der Waals surface area contributed by atoms with E-state index in [4.69, 9.17) is 0 Å². The highest BCUT2D eigenvalue weighted by atomic mass is 32.3. The van der Waals surface area contributed by atoms with Gasteiger partial charge in [-0.2, -0.15) is 5.26 Å². The number of hydrogen-bond donors (Lipinski definition) is 0. The number of benzene rings is 1. The lowest BCUT2D eigenvalue weighted by atomic mass is 10.2. The van der Waals surface area contributed by atoms with Gasteiger partial charge in [0.05, 0.1) is 22.5 Å². The van der Waals surface area contributed by atoms with Gasteiger partial charge in [0.25, 0.3) is 0 Å². The van der Waals surface area contributed by atoms with Crippen LogP contribution in [0.1, 0.15) is 19.4 Å². The Labute approximate surface area is 148 Å². The fourth-order valence-corrected chi connectivity index (χ4v) is 6.83. The summed E-state index contributed by atoms with van der Waals surface area (Å²) in [6.45, 7) is 4.23.